The van der Waals surface area contributed by atoms with Crippen molar-refractivity contribution in [3.63, 3.8) is 0 Å². The number of benzene rings is 1. The van der Waals surface area contributed by atoms with Gasteiger partial charge >= 0.3 is 0 Å². The Morgan fingerprint density at radius 1 is 1.29 bits per heavy atom. The van der Waals surface area contributed by atoms with E-state index in [1.54, 1.807) is 5.56 Å². The highest BCUT2D eigenvalue weighted by Gasteiger charge is 2.30. The highest BCUT2D eigenvalue weighted by molar-refractivity contribution is 5.58. The van der Waals surface area contributed by atoms with Crippen LogP contribution in [0.1, 0.15) is 31.4 Å². The standard InChI is InChI=1S/C15H22N2/c1-15(2)7-9-17(11-15)14-5-3-4-12-6-8-16-10-13(12)14/h3-5,16H,6-11H2,1-2H3. The second kappa shape index (κ2) is 4.02. The Bertz CT molecular complexity index is 423. The molecule has 2 aliphatic rings. The van der Waals surface area contributed by atoms with E-state index in [1.165, 1.54) is 37.2 Å². The van der Waals surface area contributed by atoms with E-state index in [-0.39, 0.29) is 0 Å². The molecule has 2 heterocycles. The molecule has 2 nitrogen and oxygen atoms in total. The van der Waals surface area contributed by atoms with Crippen LogP contribution in [0.25, 0.3) is 0 Å². The van der Waals surface area contributed by atoms with Crippen LogP contribution in [0.4, 0.5) is 5.69 Å². The van der Waals surface area contributed by atoms with Gasteiger partial charge in [-0.3, -0.25) is 0 Å². The summed E-state index contributed by atoms with van der Waals surface area (Å²) in [5, 5.41) is 3.50. The van der Waals surface area contributed by atoms with Crippen molar-refractivity contribution in [3.05, 3.63) is 29.3 Å². The molecule has 0 amide bonds. The topological polar surface area (TPSA) is 15.3 Å². The van der Waals surface area contributed by atoms with Crippen LogP contribution in [0.3, 0.4) is 0 Å². The predicted molar refractivity (Wildman–Crippen MR) is 72.5 cm³/mol. The van der Waals surface area contributed by atoms with Gasteiger partial charge in [0.1, 0.15) is 0 Å². The van der Waals surface area contributed by atoms with Gasteiger partial charge in [-0.1, -0.05) is 26.0 Å². The van der Waals surface area contributed by atoms with Crippen molar-refractivity contribution < 1.29 is 0 Å². The van der Waals surface area contributed by atoms with E-state index in [1.807, 2.05) is 0 Å². The second-order valence-electron chi connectivity index (χ2n) is 6.18. The van der Waals surface area contributed by atoms with E-state index in [4.69, 9.17) is 0 Å². The molecule has 0 aromatic heterocycles. The zero-order chi connectivity index (χ0) is 11.9. The molecule has 0 saturated carbocycles. The molecular formula is C15H22N2. The smallest absolute Gasteiger partial charge is 0.0414 e. The van der Waals surface area contributed by atoms with E-state index in [2.05, 4.69) is 42.3 Å². The minimum atomic E-state index is 0.477. The number of rotatable bonds is 1. The molecule has 0 unspecified atom stereocenters. The molecule has 0 radical (unpaired) electrons. The molecule has 3 rings (SSSR count). The number of nitrogens with zero attached hydrogens (tertiary/aromatic N) is 1. The van der Waals surface area contributed by atoms with Crippen molar-refractivity contribution in [2.45, 2.75) is 33.2 Å². The van der Waals surface area contributed by atoms with Crippen molar-refractivity contribution in [1.29, 1.82) is 0 Å². The highest BCUT2D eigenvalue weighted by atomic mass is 15.2. The average molecular weight is 230 g/mol. The minimum Gasteiger partial charge on any atom is -0.371 e. The van der Waals surface area contributed by atoms with Crippen LogP contribution < -0.4 is 10.2 Å². The maximum atomic E-state index is 3.50. The quantitative estimate of drug-likeness (QED) is 0.797. The van der Waals surface area contributed by atoms with Crippen molar-refractivity contribution in [2.24, 2.45) is 5.41 Å². The van der Waals surface area contributed by atoms with Crippen molar-refractivity contribution in [2.75, 3.05) is 24.5 Å². The zero-order valence-corrected chi connectivity index (χ0v) is 10.9. The van der Waals surface area contributed by atoms with Crippen LogP contribution in [0.5, 0.6) is 0 Å². The lowest BCUT2D eigenvalue weighted by atomic mass is 9.93. The summed E-state index contributed by atoms with van der Waals surface area (Å²) in [7, 11) is 0. The van der Waals surface area contributed by atoms with Crippen molar-refractivity contribution >= 4 is 5.69 Å². The van der Waals surface area contributed by atoms with Crippen LogP contribution >= 0.6 is 0 Å². The third-order valence-electron chi connectivity index (χ3n) is 4.14. The first-order valence-corrected chi connectivity index (χ1v) is 6.72. The third-order valence-corrected chi connectivity index (χ3v) is 4.14. The lowest BCUT2D eigenvalue weighted by molar-refractivity contribution is 0.418. The molecule has 0 atom stereocenters. The van der Waals surface area contributed by atoms with Gasteiger partial charge in [0, 0.05) is 25.3 Å². The van der Waals surface area contributed by atoms with Gasteiger partial charge in [0.15, 0.2) is 0 Å². The molecule has 1 saturated heterocycles. The van der Waals surface area contributed by atoms with E-state index < -0.39 is 0 Å². The maximum Gasteiger partial charge on any atom is 0.0414 e. The Hall–Kier alpha value is -1.02. The Morgan fingerprint density at radius 3 is 2.94 bits per heavy atom. The fourth-order valence-corrected chi connectivity index (χ4v) is 3.11. The molecule has 1 aromatic carbocycles. The maximum absolute atomic E-state index is 3.50. The first-order chi connectivity index (χ1) is 8.16. The highest BCUT2D eigenvalue weighted by Crippen LogP contribution is 2.35. The van der Waals surface area contributed by atoms with Crippen molar-refractivity contribution in [3.8, 4) is 0 Å². The van der Waals surface area contributed by atoms with Crippen LogP contribution in [-0.2, 0) is 13.0 Å². The monoisotopic (exact) mass is 230 g/mol. The van der Waals surface area contributed by atoms with Crippen LogP contribution in [0, 0.1) is 5.41 Å². The second-order valence-corrected chi connectivity index (χ2v) is 6.18. The summed E-state index contributed by atoms with van der Waals surface area (Å²) < 4.78 is 0. The summed E-state index contributed by atoms with van der Waals surface area (Å²) in [4.78, 5) is 2.58. The molecule has 2 aliphatic heterocycles. The van der Waals surface area contributed by atoms with Crippen molar-refractivity contribution in [1.82, 2.24) is 5.32 Å². The van der Waals surface area contributed by atoms with Gasteiger partial charge in [-0.15, -0.1) is 0 Å². The van der Waals surface area contributed by atoms with Crippen LogP contribution in [0.15, 0.2) is 18.2 Å². The molecule has 1 N–H and O–H groups in total. The first kappa shape index (κ1) is 11.1. The van der Waals surface area contributed by atoms with Gasteiger partial charge in [-0.05, 0) is 42.0 Å². The number of hydrogen-bond acceptors (Lipinski definition) is 2. The predicted octanol–water partition coefficient (Wildman–Crippen LogP) is 2.57. The zero-order valence-electron chi connectivity index (χ0n) is 10.9. The summed E-state index contributed by atoms with van der Waals surface area (Å²) in [6.07, 6.45) is 2.49. The SMILES string of the molecule is CC1(C)CCN(c2cccc3c2CNCC3)C1. The van der Waals surface area contributed by atoms with Gasteiger partial charge in [-0.2, -0.15) is 0 Å². The molecule has 0 bridgehead atoms. The van der Waals surface area contributed by atoms with Gasteiger partial charge in [0.05, 0.1) is 0 Å². The van der Waals surface area contributed by atoms with Gasteiger partial charge < -0.3 is 10.2 Å². The normalized spacial score (nSPS) is 22.6. The molecule has 1 aromatic rings. The molecule has 0 spiro atoms. The number of hydrogen-bond donors (Lipinski definition) is 1. The Kier molecular flexibility index (Phi) is 2.62. The summed E-state index contributed by atoms with van der Waals surface area (Å²) in [6.45, 7) is 9.33. The number of nitrogens with one attached hydrogen (secondary N) is 1. The summed E-state index contributed by atoms with van der Waals surface area (Å²) >= 11 is 0. The summed E-state index contributed by atoms with van der Waals surface area (Å²) in [5.41, 5.74) is 5.04. The minimum absolute atomic E-state index is 0.477. The van der Waals surface area contributed by atoms with E-state index in [9.17, 15) is 0 Å². The summed E-state index contributed by atoms with van der Waals surface area (Å²) in [6, 6.07) is 6.82. The third kappa shape index (κ3) is 2.06. The fourth-order valence-electron chi connectivity index (χ4n) is 3.11. The Balaban J connectivity index is 1.93. The molecule has 1 fully saturated rings. The van der Waals surface area contributed by atoms with E-state index >= 15 is 0 Å². The fraction of sp³-hybridized carbons (Fsp3) is 0.600. The lowest BCUT2D eigenvalue weighted by Gasteiger charge is -2.27. The molecular weight excluding hydrogens is 208 g/mol. The first-order valence-electron chi connectivity index (χ1n) is 6.72. The average Bonchev–Trinajstić information content (AvgIpc) is 2.69. The van der Waals surface area contributed by atoms with E-state index in [0.29, 0.717) is 5.41 Å². The van der Waals surface area contributed by atoms with Crippen LogP contribution in [0.2, 0.25) is 0 Å². The van der Waals surface area contributed by atoms with Crippen LogP contribution in [-0.4, -0.2) is 19.6 Å². The number of anilines is 1. The van der Waals surface area contributed by atoms with E-state index in [0.717, 1.165) is 13.1 Å². The van der Waals surface area contributed by atoms with Gasteiger partial charge in [0.25, 0.3) is 0 Å². The molecule has 0 aliphatic carbocycles. The number of fused-ring (bicyclic) bond motifs is 1. The van der Waals surface area contributed by atoms with Gasteiger partial charge in [-0.25, -0.2) is 0 Å². The Labute approximate surface area is 104 Å². The molecule has 92 valence electrons. The molecule has 2 heteroatoms. The Morgan fingerprint density at radius 2 is 2.18 bits per heavy atom. The summed E-state index contributed by atoms with van der Waals surface area (Å²) in [5.74, 6) is 0. The molecule has 17 heavy (non-hydrogen) atoms. The lowest BCUT2D eigenvalue weighted by Crippen LogP contribution is -2.29. The largest absolute Gasteiger partial charge is 0.371 e. The van der Waals surface area contributed by atoms with Gasteiger partial charge in [0.2, 0.25) is 0 Å².